The Labute approximate surface area is 115 Å². The van der Waals surface area contributed by atoms with Crippen LogP contribution in [0.3, 0.4) is 0 Å². The third-order valence-corrected chi connectivity index (χ3v) is 5.68. The minimum atomic E-state index is -0.584. The fourth-order valence-electron chi connectivity index (χ4n) is 4.88. The smallest absolute Gasteiger partial charge is 0.312 e. The van der Waals surface area contributed by atoms with Crippen LogP contribution >= 0.6 is 0 Å². The van der Waals surface area contributed by atoms with Crippen LogP contribution in [0.5, 0.6) is 0 Å². The van der Waals surface area contributed by atoms with Crippen molar-refractivity contribution in [2.75, 3.05) is 0 Å². The molecule has 0 spiro atoms. The van der Waals surface area contributed by atoms with Crippen LogP contribution in [0.2, 0.25) is 0 Å². The van der Waals surface area contributed by atoms with Gasteiger partial charge in [-0.1, -0.05) is 6.92 Å². The van der Waals surface area contributed by atoms with E-state index in [0.717, 1.165) is 32.1 Å². The third kappa shape index (κ3) is 2.20. The van der Waals surface area contributed by atoms with Gasteiger partial charge in [0.05, 0.1) is 11.0 Å². The Morgan fingerprint density at radius 1 is 1.26 bits per heavy atom. The first-order valence-corrected chi connectivity index (χ1v) is 7.72. The molecule has 4 fully saturated rings. The summed E-state index contributed by atoms with van der Waals surface area (Å²) in [6.45, 7) is 5.99. The molecule has 4 saturated carbocycles. The lowest BCUT2D eigenvalue weighted by Crippen LogP contribution is -2.59. The van der Waals surface area contributed by atoms with E-state index < -0.39 is 5.60 Å². The van der Waals surface area contributed by atoms with Crippen molar-refractivity contribution in [1.29, 1.82) is 0 Å². The third-order valence-electron chi connectivity index (χ3n) is 5.68. The molecule has 3 nitrogen and oxygen atoms in total. The monoisotopic (exact) mass is 266 g/mol. The van der Waals surface area contributed by atoms with Crippen LogP contribution in [0.15, 0.2) is 0 Å². The second-order valence-electron chi connectivity index (χ2n) is 7.97. The van der Waals surface area contributed by atoms with Crippen LogP contribution in [0.4, 0.5) is 0 Å². The molecule has 4 aliphatic carbocycles. The second-order valence-corrected chi connectivity index (χ2v) is 7.97. The Bertz CT molecular complexity index is 385. The Hall–Kier alpha value is -0.570. The van der Waals surface area contributed by atoms with Crippen LogP contribution < -0.4 is 0 Å². The molecule has 1 N–H and O–H groups in total. The number of rotatable bonds is 3. The first-order chi connectivity index (χ1) is 8.76. The zero-order chi connectivity index (χ0) is 13.9. The lowest BCUT2D eigenvalue weighted by Gasteiger charge is -2.59. The number of esters is 1. The van der Waals surface area contributed by atoms with Crippen LogP contribution in [-0.2, 0) is 9.53 Å². The molecular formula is C16H26O3. The van der Waals surface area contributed by atoms with Crippen LogP contribution in [-0.4, -0.2) is 22.3 Å². The highest BCUT2D eigenvalue weighted by molar-refractivity contribution is 5.78. The molecule has 0 radical (unpaired) electrons. The van der Waals surface area contributed by atoms with Crippen molar-refractivity contribution >= 4 is 5.97 Å². The highest BCUT2D eigenvalue weighted by Crippen LogP contribution is 2.62. The lowest BCUT2D eigenvalue weighted by atomic mass is 9.48. The maximum Gasteiger partial charge on any atom is 0.312 e. The lowest BCUT2D eigenvalue weighted by molar-refractivity contribution is -0.205. The van der Waals surface area contributed by atoms with E-state index in [-0.39, 0.29) is 17.0 Å². The normalized spacial score (nSPS) is 44.4. The summed E-state index contributed by atoms with van der Waals surface area (Å²) in [5.74, 6) is 1.01. The zero-order valence-electron chi connectivity index (χ0n) is 12.4. The molecule has 0 saturated heterocycles. The van der Waals surface area contributed by atoms with Gasteiger partial charge in [0.25, 0.3) is 0 Å². The van der Waals surface area contributed by atoms with E-state index in [1.165, 1.54) is 6.42 Å². The van der Waals surface area contributed by atoms with Gasteiger partial charge in [0.1, 0.15) is 5.60 Å². The molecule has 0 aliphatic heterocycles. The Morgan fingerprint density at radius 2 is 1.84 bits per heavy atom. The Balaban J connectivity index is 1.82. The van der Waals surface area contributed by atoms with Crippen molar-refractivity contribution in [2.24, 2.45) is 17.3 Å². The van der Waals surface area contributed by atoms with Gasteiger partial charge in [-0.05, 0) is 70.6 Å². The molecule has 0 aromatic carbocycles. The van der Waals surface area contributed by atoms with E-state index >= 15 is 0 Å². The molecule has 2 unspecified atom stereocenters. The number of carbonyl (C=O) groups is 1. The average molecular weight is 266 g/mol. The van der Waals surface area contributed by atoms with Crippen molar-refractivity contribution in [3.05, 3.63) is 0 Å². The van der Waals surface area contributed by atoms with Crippen LogP contribution in [0.25, 0.3) is 0 Å². The summed E-state index contributed by atoms with van der Waals surface area (Å²) in [7, 11) is 0. The van der Waals surface area contributed by atoms with Gasteiger partial charge in [-0.3, -0.25) is 4.79 Å². The van der Waals surface area contributed by atoms with Crippen molar-refractivity contribution in [2.45, 2.75) is 76.9 Å². The van der Waals surface area contributed by atoms with Crippen molar-refractivity contribution in [3.8, 4) is 0 Å². The van der Waals surface area contributed by atoms with Gasteiger partial charge >= 0.3 is 5.97 Å². The van der Waals surface area contributed by atoms with E-state index in [4.69, 9.17) is 4.74 Å². The molecule has 0 heterocycles. The molecular weight excluding hydrogens is 240 g/mol. The number of hydrogen-bond acceptors (Lipinski definition) is 3. The van der Waals surface area contributed by atoms with Crippen molar-refractivity contribution in [1.82, 2.24) is 0 Å². The predicted molar refractivity (Wildman–Crippen MR) is 72.5 cm³/mol. The summed E-state index contributed by atoms with van der Waals surface area (Å²) < 4.78 is 5.77. The summed E-state index contributed by atoms with van der Waals surface area (Å²) in [5, 5.41) is 10.7. The fourth-order valence-corrected chi connectivity index (χ4v) is 4.88. The number of aliphatic hydroxyl groups is 1. The van der Waals surface area contributed by atoms with Crippen LogP contribution in [0, 0.1) is 17.3 Å². The molecule has 2 atom stereocenters. The van der Waals surface area contributed by atoms with E-state index in [2.05, 4.69) is 0 Å². The topological polar surface area (TPSA) is 46.5 Å². The second kappa shape index (κ2) is 3.97. The van der Waals surface area contributed by atoms with Crippen molar-refractivity contribution < 1.29 is 14.6 Å². The van der Waals surface area contributed by atoms with E-state index in [1.807, 2.05) is 20.8 Å². The molecule has 4 rings (SSSR count). The minimum Gasteiger partial charge on any atom is -0.459 e. The van der Waals surface area contributed by atoms with E-state index in [0.29, 0.717) is 18.3 Å². The summed E-state index contributed by atoms with van der Waals surface area (Å²) in [4.78, 5) is 12.7. The maximum atomic E-state index is 12.7. The molecule has 0 amide bonds. The molecule has 4 aliphatic rings. The number of ether oxygens (including phenoxy) is 1. The van der Waals surface area contributed by atoms with Gasteiger partial charge in [0.15, 0.2) is 0 Å². The predicted octanol–water partition coefficient (Wildman–Crippen LogP) is 3.05. The molecule has 0 aromatic rings. The highest BCUT2D eigenvalue weighted by Gasteiger charge is 2.61. The van der Waals surface area contributed by atoms with Gasteiger partial charge < -0.3 is 9.84 Å². The average Bonchev–Trinajstić information content (AvgIpc) is 2.25. The summed E-state index contributed by atoms with van der Waals surface area (Å²) in [5.41, 5.74) is -1.35. The summed E-state index contributed by atoms with van der Waals surface area (Å²) in [6.07, 6.45) is 6.33. The Kier molecular flexibility index (Phi) is 2.80. The minimum absolute atomic E-state index is 0.0492. The molecule has 19 heavy (non-hydrogen) atoms. The largest absolute Gasteiger partial charge is 0.459 e. The van der Waals surface area contributed by atoms with Gasteiger partial charge in [0, 0.05) is 0 Å². The maximum absolute atomic E-state index is 12.7. The number of carbonyl (C=O) groups excluding carboxylic acids is 1. The molecule has 108 valence electrons. The van der Waals surface area contributed by atoms with Crippen molar-refractivity contribution in [3.63, 3.8) is 0 Å². The highest BCUT2D eigenvalue weighted by atomic mass is 16.6. The van der Waals surface area contributed by atoms with E-state index in [9.17, 15) is 9.90 Å². The van der Waals surface area contributed by atoms with Gasteiger partial charge in [0.2, 0.25) is 0 Å². The molecule has 4 bridgehead atoms. The summed E-state index contributed by atoms with van der Waals surface area (Å²) >= 11 is 0. The van der Waals surface area contributed by atoms with E-state index in [1.54, 1.807) is 0 Å². The molecule has 0 aromatic heterocycles. The quantitative estimate of drug-likeness (QED) is 0.799. The Morgan fingerprint density at radius 3 is 2.32 bits per heavy atom. The van der Waals surface area contributed by atoms with Crippen LogP contribution in [0.1, 0.15) is 65.7 Å². The van der Waals surface area contributed by atoms with Gasteiger partial charge in [-0.15, -0.1) is 0 Å². The number of hydrogen-bond donors (Lipinski definition) is 1. The first-order valence-electron chi connectivity index (χ1n) is 7.72. The van der Waals surface area contributed by atoms with Gasteiger partial charge in [-0.2, -0.15) is 0 Å². The SMILES string of the molecule is CCC(C)(C)OC(=O)C12CC3CC(CC(O)(C3)C1)C2. The first kappa shape index (κ1) is 13.4. The fraction of sp³-hybridized carbons (Fsp3) is 0.938. The molecule has 3 heteroatoms. The summed E-state index contributed by atoms with van der Waals surface area (Å²) in [6, 6.07) is 0. The van der Waals surface area contributed by atoms with Gasteiger partial charge in [-0.25, -0.2) is 0 Å². The standard InChI is InChI=1S/C16H26O3/c1-4-14(2,3)19-13(17)15-6-11-5-12(7-15)9-16(18,8-11)10-15/h11-12,18H,4-10H2,1-3H3. The zero-order valence-corrected chi connectivity index (χ0v) is 12.4.